The second-order valence-corrected chi connectivity index (χ2v) is 8.27. The third kappa shape index (κ3) is 5.73. The summed E-state index contributed by atoms with van der Waals surface area (Å²) in [7, 11) is 0. The summed E-state index contributed by atoms with van der Waals surface area (Å²) >= 11 is 1.58. The van der Waals surface area contributed by atoms with Gasteiger partial charge < -0.3 is 10.6 Å². The molecule has 0 aliphatic carbocycles. The van der Waals surface area contributed by atoms with Crippen LogP contribution in [0.1, 0.15) is 24.2 Å². The quantitative estimate of drug-likeness (QED) is 0.367. The number of carbonyl (C=O) groups excluding carboxylic acids is 1. The summed E-state index contributed by atoms with van der Waals surface area (Å²) in [6, 6.07) is 13.6. The Hall–Kier alpha value is -3.65. The Bertz CT molecular complexity index is 1190. The maximum absolute atomic E-state index is 12.4. The number of hydrogen-bond acceptors (Lipinski definition) is 7. The molecule has 1 amide bonds. The van der Waals surface area contributed by atoms with E-state index in [4.69, 9.17) is 4.98 Å². The fourth-order valence-corrected chi connectivity index (χ4v) is 4.08. The minimum atomic E-state index is -0.0281. The first-order chi connectivity index (χ1) is 15.6. The molecule has 1 aromatic carbocycles. The molecule has 0 atom stereocenters. The summed E-state index contributed by atoms with van der Waals surface area (Å²) in [5.41, 5.74) is 5.43. The fraction of sp³-hybridized carbons (Fsp3) is 0.208. The lowest BCUT2D eigenvalue weighted by Crippen LogP contribution is -2.14. The number of benzene rings is 1. The molecule has 8 heteroatoms. The highest BCUT2D eigenvalue weighted by Crippen LogP contribution is 2.29. The topological polar surface area (TPSA) is 92.7 Å². The van der Waals surface area contributed by atoms with Crippen molar-refractivity contribution in [1.29, 1.82) is 0 Å². The van der Waals surface area contributed by atoms with Crippen molar-refractivity contribution >= 4 is 28.9 Å². The molecule has 32 heavy (non-hydrogen) atoms. The number of hydrogen-bond donors (Lipinski definition) is 2. The molecular weight excluding hydrogens is 420 g/mol. The second kappa shape index (κ2) is 10.1. The summed E-state index contributed by atoms with van der Waals surface area (Å²) in [5.74, 6) is 0.573. The van der Waals surface area contributed by atoms with E-state index < -0.39 is 0 Å². The highest BCUT2D eigenvalue weighted by Gasteiger charge is 2.09. The van der Waals surface area contributed by atoms with Crippen molar-refractivity contribution in [3.8, 4) is 21.8 Å². The summed E-state index contributed by atoms with van der Waals surface area (Å²) in [6.45, 7) is 4.51. The van der Waals surface area contributed by atoms with Crippen LogP contribution in [0.15, 0.2) is 60.2 Å². The van der Waals surface area contributed by atoms with E-state index in [-0.39, 0.29) is 5.91 Å². The molecule has 0 saturated carbocycles. The van der Waals surface area contributed by atoms with Gasteiger partial charge in [-0.2, -0.15) is 0 Å². The highest BCUT2D eigenvalue weighted by atomic mass is 32.1. The molecule has 3 heterocycles. The van der Waals surface area contributed by atoms with Crippen LogP contribution in [0, 0.1) is 13.8 Å². The number of aryl methyl sites for hydroxylation is 2. The maximum Gasteiger partial charge on any atom is 0.224 e. The van der Waals surface area contributed by atoms with Crippen molar-refractivity contribution in [2.75, 3.05) is 17.2 Å². The molecule has 0 spiro atoms. The second-order valence-electron chi connectivity index (χ2n) is 7.41. The molecule has 7 nitrogen and oxygen atoms in total. The number of nitrogens with zero attached hydrogens (tertiary/aromatic N) is 4. The maximum atomic E-state index is 12.4. The average Bonchev–Trinajstić information content (AvgIpc) is 3.27. The van der Waals surface area contributed by atoms with Crippen molar-refractivity contribution < 1.29 is 4.79 Å². The van der Waals surface area contributed by atoms with Gasteiger partial charge in [-0.3, -0.25) is 9.78 Å². The SMILES string of the molecule is Cc1cc(C)nc(NCCCC(=O)Nc2cccc(-c3csc(-c4cccnc4)n3)c2)n1. The molecule has 4 aromatic rings. The van der Waals surface area contributed by atoms with Crippen molar-refractivity contribution in [3.05, 3.63) is 71.6 Å². The first-order valence-electron chi connectivity index (χ1n) is 10.4. The normalized spacial score (nSPS) is 10.7. The van der Waals surface area contributed by atoms with E-state index in [0.29, 0.717) is 25.3 Å². The number of carbonyl (C=O) groups is 1. The van der Waals surface area contributed by atoms with E-state index in [1.54, 1.807) is 23.7 Å². The van der Waals surface area contributed by atoms with Crippen LogP contribution in [0.3, 0.4) is 0 Å². The lowest BCUT2D eigenvalue weighted by Gasteiger charge is -2.08. The zero-order valence-electron chi connectivity index (χ0n) is 18.0. The molecule has 0 fully saturated rings. The number of pyridine rings is 1. The zero-order chi connectivity index (χ0) is 22.3. The van der Waals surface area contributed by atoms with Gasteiger partial charge in [-0.25, -0.2) is 15.0 Å². The Labute approximate surface area is 191 Å². The van der Waals surface area contributed by atoms with Crippen LogP contribution in [0.4, 0.5) is 11.6 Å². The van der Waals surface area contributed by atoms with Gasteiger partial charge in [0.25, 0.3) is 0 Å². The Morgan fingerprint density at radius 3 is 2.59 bits per heavy atom. The van der Waals surface area contributed by atoms with E-state index in [9.17, 15) is 4.79 Å². The molecule has 0 radical (unpaired) electrons. The van der Waals surface area contributed by atoms with E-state index >= 15 is 0 Å². The Kier molecular flexibility index (Phi) is 6.81. The average molecular weight is 445 g/mol. The van der Waals surface area contributed by atoms with E-state index in [2.05, 4.69) is 25.6 Å². The van der Waals surface area contributed by atoms with Gasteiger partial charge in [0.15, 0.2) is 0 Å². The van der Waals surface area contributed by atoms with Gasteiger partial charge in [-0.05, 0) is 50.6 Å². The molecule has 2 N–H and O–H groups in total. The van der Waals surface area contributed by atoms with Gasteiger partial charge in [-0.1, -0.05) is 12.1 Å². The summed E-state index contributed by atoms with van der Waals surface area (Å²) in [4.78, 5) is 29.9. The number of aromatic nitrogens is 4. The van der Waals surface area contributed by atoms with Gasteiger partial charge in [0, 0.05) is 58.9 Å². The lowest BCUT2D eigenvalue weighted by molar-refractivity contribution is -0.116. The van der Waals surface area contributed by atoms with Gasteiger partial charge in [-0.15, -0.1) is 11.3 Å². The number of thiazole rings is 1. The van der Waals surface area contributed by atoms with Crippen molar-refractivity contribution in [1.82, 2.24) is 19.9 Å². The Balaban J connectivity index is 1.31. The molecule has 0 aliphatic rings. The minimum Gasteiger partial charge on any atom is -0.354 e. The van der Waals surface area contributed by atoms with E-state index in [0.717, 1.165) is 38.9 Å². The van der Waals surface area contributed by atoms with Crippen molar-refractivity contribution in [3.63, 3.8) is 0 Å². The smallest absolute Gasteiger partial charge is 0.224 e. The molecule has 0 saturated heterocycles. The first kappa shape index (κ1) is 21.6. The molecule has 0 bridgehead atoms. The molecular formula is C24H24N6OS. The van der Waals surface area contributed by atoms with E-state index in [1.165, 1.54) is 0 Å². The van der Waals surface area contributed by atoms with Crippen LogP contribution < -0.4 is 10.6 Å². The molecule has 162 valence electrons. The summed E-state index contributed by atoms with van der Waals surface area (Å²) in [5, 5.41) is 9.09. The lowest BCUT2D eigenvalue weighted by atomic mass is 10.1. The number of rotatable bonds is 8. The monoisotopic (exact) mass is 444 g/mol. The standard InChI is InChI=1S/C24H24N6OS/c1-16-12-17(2)28-24(27-16)26-11-5-9-22(31)29-20-8-3-6-18(13-20)21-15-32-23(30-21)19-7-4-10-25-14-19/h3-4,6-8,10,12-15H,5,9,11H2,1-2H3,(H,29,31)(H,26,27,28). The number of amides is 1. The van der Waals surface area contributed by atoms with Crippen molar-refractivity contribution in [2.45, 2.75) is 26.7 Å². The first-order valence-corrected chi connectivity index (χ1v) is 11.3. The highest BCUT2D eigenvalue weighted by molar-refractivity contribution is 7.13. The Morgan fingerprint density at radius 2 is 1.81 bits per heavy atom. The summed E-state index contributed by atoms with van der Waals surface area (Å²) in [6.07, 6.45) is 4.64. The molecule has 0 aliphatic heterocycles. The molecule has 3 aromatic heterocycles. The van der Waals surface area contributed by atoms with Gasteiger partial charge >= 0.3 is 0 Å². The van der Waals surface area contributed by atoms with Crippen LogP contribution >= 0.6 is 11.3 Å². The minimum absolute atomic E-state index is 0.0281. The van der Waals surface area contributed by atoms with Crippen LogP contribution in [-0.4, -0.2) is 32.4 Å². The van der Waals surface area contributed by atoms with E-state index in [1.807, 2.05) is 61.7 Å². The van der Waals surface area contributed by atoms with Crippen LogP contribution in [0.25, 0.3) is 21.8 Å². The largest absolute Gasteiger partial charge is 0.354 e. The van der Waals surface area contributed by atoms with Crippen LogP contribution in [0.5, 0.6) is 0 Å². The summed E-state index contributed by atoms with van der Waals surface area (Å²) < 4.78 is 0. The zero-order valence-corrected chi connectivity index (χ0v) is 18.8. The molecule has 4 rings (SSSR count). The molecule has 0 unspecified atom stereocenters. The van der Waals surface area contributed by atoms with Gasteiger partial charge in [0.05, 0.1) is 5.69 Å². The predicted molar refractivity (Wildman–Crippen MR) is 129 cm³/mol. The predicted octanol–water partition coefficient (Wildman–Crippen LogP) is 5.11. The fourth-order valence-electron chi connectivity index (χ4n) is 3.26. The Morgan fingerprint density at radius 1 is 1.00 bits per heavy atom. The number of anilines is 2. The van der Waals surface area contributed by atoms with Gasteiger partial charge in [0.1, 0.15) is 5.01 Å². The van der Waals surface area contributed by atoms with Crippen LogP contribution in [0.2, 0.25) is 0 Å². The van der Waals surface area contributed by atoms with Crippen molar-refractivity contribution in [2.24, 2.45) is 0 Å². The third-order valence-corrected chi connectivity index (χ3v) is 5.59. The number of nitrogens with one attached hydrogen (secondary N) is 2. The third-order valence-electron chi connectivity index (χ3n) is 4.70. The van der Waals surface area contributed by atoms with Gasteiger partial charge in [0.2, 0.25) is 11.9 Å². The van der Waals surface area contributed by atoms with Crippen LogP contribution in [-0.2, 0) is 4.79 Å².